The molecule has 34 heavy (non-hydrogen) atoms. The van der Waals surface area contributed by atoms with E-state index in [4.69, 9.17) is 9.97 Å². The molecular weight excluding hydrogens is 420 g/mol. The van der Waals surface area contributed by atoms with E-state index < -0.39 is 0 Å². The SMILES string of the molecule is CC(=O)c1ccc2c(c1)Cc1nc(Cc3ccccc3)nc(N(C)CCCN3CCCCC3)c1-2. The molecule has 1 aromatic heterocycles. The van der Waals surface area contributed by atoms with E-state index in [0.29, 0.717) is 0 Å². The van der Waals surface area contributed by atoms with E-state index in [1.54, 1.807) is 6.92 Å². The number of hydrogen-bond donors (Lipinski definition) is 0. The quantitative estimate of drug-likeness (QED) is 0.345. The number of piperidine rings is 1. The topological polar surface area (TPSA) is 49.3 Å². The Morgan fingerprint density at radius 3 is 2.59 bits per heavy atom. The van der Waals surface area contributed by atoms with E-state index in [1.165, 1.54) is 49.0 Å². The van der Waals surface area contributed by atoms with Crippen LogP contribution in [0, 0.1) is 0 Å². The van der Waals surface area contributed by atoms with Gasteiger partial charge < -0.3 is 9.80 Å². The summed E-state index contributed by atoms with van der Waals surface area (Å²) in [5.74, 6) is 1.98. The van der Waals surface area contributed by atoms with Gasteiger partial charge in [0, 0.05) is 37.6 Å². The first-order chi connectivity index (χ1) is 16.6. The van der Waals surface area contributed by atoms with E-state index in [2.05, 4.69) is 47.2 Å². The van der Waals surface area contributed by atoms with Gasteiger partial charge in [-0.3, -0.25) is 4.79 Å². The van der Waals surface area contributed by atoms with Gasteiger partial charge in [0.15, 0.2) is 5.78 Å². The summed E-state index contributed by atoms with van der Waals surface area (Å²) < 4.78 is 0. The van der Waals surface area contributed by atoms with Gasteiger partial charge in [0.2, 0.25) is 0 Å². The predicted octanol–water partition coefficient (Wildman–Crippen LogP) is 5.15. The first-order valence-electron chi connectivity index (χ1n) is 12.6. The van der Waals surface area contributed by atoms with Gasteiger partial charge in [-0.05, 0) is 68.6 Å². The molecule has 5 nitrogen and oxygen atoms in total. The summed E-state index contributed by atoms with van der Waals surface area (Å²) in [5, 5.41) is 0. The number of hydrogen-bond acceptors (Lipinski definition) is 5. The van der Waals surface area contributed by atoms with Crippen LogP contribution in [0.5, 0.6) is 0 Å². The molecule has 2 heterocycles. The lowest BCUT2D eigenvalue weighted by Crippen LogP contribution is -2.33. The standard InChI is InChI=1S/C29H34N4O/c1-21(34)23-12-13-25-24(19-23)20-26-28(25)29(31-27(30-26)18-22-10-5-3-6-11-22)32(2)14-9-17-33-15-7-4-8-16-33/h3,5-6,10-13,19H,4,7-9,14-18,20H2,1-2H3. The number of nitrogens with zero attached hydrogens (tertiary/aromatic N) is 4. The van der Waals surface area contributed by atoms with Crippen molar-refractivity contribution >= 4 is 11.6 Å². The van der Waals surface area contributed by atoms with Gasteiger partial charge >= 0.3 is 0 Å². The monoisotopic (exact) mass is 454 g/mol. The molecule has 1 fully saturated rings. The fraction of sp³-hybridized carbons (Fsp3) is 0.414. The second-order valence-corrected chi connectivity index (χ2v) is 9.73. The molecule has 0 unspecified atom stereocenters. The molecule has 176 valence electrons. The summed E-state index contributed by atoms with van der Waals surface area (Å²) in [7, 11) is 2.16. The van der Waals surface area contributed by atoms with Crippen molar-refractivity contribution < 1.29 is 4.79 Å². The number of fused-ring (bicyclic) bond motifs is 3. The zero-order valence-corrected chi connectivity index (χ0v) is 20.4. The van der Waals surface area contributed by atoms with Crippen LogP contribution in [0.1, 0.15) is 65.6 Å². The number of anilines is 1. The third-order valence-corrected chi connectivity index (χ3v) is 7.13. The fourth-order valence-corrected chi connectivity index (χ4v) is 5.29. The molecule has 1 aliphatic carbocycles. The van der Waals surface area contributed by atoms with Crippen LogP contribution < -0.4 is 4.90 Å². The van der Waals surface area contributed by atoms with Crippen molar-refractivity contribution in [3.8, 4) is 11.1 Å². The molecule has 2 aliphatic rings. The minimum Gasteiger partial charge on any atom is -0.359 e. The van der Waals surface area contributed by atoms with Crippen LogP contribution in [0.3, 0.4) is 0 Å². The molecule has 1 saturated heterocycles. The minimum atomic E-state index is 0.102. The number of likely N-dealkylation sites (tertiary alicyclic amines) is 1. The molecule has 0 atom stereocenters. The summed E-state index contributed by atoms with van der Waals surface area (Å²) in [4.78, 5) is 27.0. The van der Waals surface area contributed by atoms with E-state index in [0.717, 1.165) is 60.8 Å². The number of rotatable bonds is 8. The summed E-state index contributed by atoms with van der Waals surface area (Å²) in [6, 6.07) is 16.5. The normalized spacial score (nSPS) is 15.1. The number of aromatic nitrogens is 2. The number of carbonyl (C=O) groups excluding carboxylic acids is 1. The second kappa shape index (κ2) is 10.1. The first-order valence-corrected chi connectivity index (χ1v) is 12.6. The van der Waals surface area contributed by atoms with E-state index >= 15 is 0 Å². The van der Waals surface area contributed by atoms with Gasteiger partial charge in [-0.1, -0.05) is 48.9 Å². The Kier molecular flexibility index (Phi) is 6.73. The maximum Gasteiger partial charge on any atom is 0.159 e. The Morgan fingerprint density at radius 1 is 1.03 bits per heavy atom. The molecule has 0 saturated carbocycles. The average molecular weight is 455 g/mol. The Labute approximate surface area is 202 Å². The molecule has 5 rings (SSSR count). The van der Waals surface area contributed by atoms with Gasteiger partial charge in [0.25, 0.3) is 0 Å². The van der Waals surface area contributed by atoms with E-state index in [1.807, 2.05) is 18.2 Å². The Morgan fingerprint density at radius 2 is 1.82 bits per heavy atom. The molecule has 0 radical (unpaired) electrons. The van der Waals surface area contributed by atoms with Crippen molar-refractivity contribution in [1.82, 2.24) is 14.9 Å². The van der Waals surface area contributed by atoms with Crippen LogP contribution in [0.25, 0.3) is 11.1 Å². The third kappa shape index (κ3) is 4.90. The zero-order chi connectivity index (χ0) is 23.5. The third-order valence-electron chi connectivity index (χ3n) is 7.13. The molecule has 5 heteroatoms. The second-order valence-electron chi connectivity index (χ2n) is 9.73. The van der Waals surface area contributed by atoms with Crippen molar-refractivity contribution in [3.05, 3.63) is 76.7 Å². The summed E-state index contributed by atoms with van der Waals surface area (Å²) in [6.07, 6.45) is 6.63. The van der Waals surface area contributed by atoms with E-state index in [-0.39, 0.29) is 5.78 Å². The number of carbonyl (C=O) groups is 1. The highest BCUT2D eigenvalue weighted by atomic mass is 16.1. The summed E-state index contributed by atoms with van der Waals surface area (Å²) >= 11 is 0. The highest BCUT2D eigenvalue weighted by Gasteiger charge is 2.27. The maximum absolute atomic E-state index is 12.0. The van der Waals surface area contributed by atoms with Crippen molar-refractivity contribution in [3.63, 3.8) is 0 Å². The van der Waals surface area contributed by atoms with Crippen LogP contribution in [0.15, 0.2) is 48.5 Å². The summed E-state index contributed by atoms with van der Waals surface area (Å²) in [6.45, 7) is 6.21. The van der Waals surface area contributed by atoms with Crippen LogP contribution in [-0.2, 0) is 12.8 Å². The highest BCUT2D eigenvalue weighted by molar-refractivity contribution is 5.96. The largest absolute Gasteiger partial charge is 0.359 e. The lowest BCUT2D eigenvalue weighted by atomic mass is 10.0. The summed E-state index contributed by atoms with van der Waals surface area (Å²) in [5.41, 5.74) is 6.55. The van der Waals surface area contributed by atoms with Crippen LogP contribution in [-0.4, -0.2) is 53.9 Å². The Balaban J connectivity index is 1.43. The van der Waals surface area contributed by atoms with Crippen molar-refractivity contribution in [2.45, 2.75) is 45.4 Å². The van der Waals surface area contributed by atoms with Gasteiger partial charge in [0.1, 0.15) is 11.6 Å². The van der Waals surface area contributed by atoms with Crippen LogP contribution in [0.2, 0.25) is 0 Å². The number of ketones is 1. The molecule has 2 aromatic carbocycles. The highest BCUT2D eigenvalue weighted by Crippen LogP contribution is 2.41. The van der Waals surface area contributed by atoms with Crippen molar-refractivity contribution in [2.24, 2.45) is 0 Å². The van der Waals surface area contributed by atoms with Gasteiger partial charge in [-0.2, -0.15) is 0 Å². The smallest absolute Gasteiger partial charge is 0.159 e. The average Bonchev–Trinajstić information content (AvgIpc) is 3.22. The van der Waals surface area contributed by atoms with Crippen LogP contribution >= 0.6 is 0 Å². The number of benzene rings is 2. The van der Waals surface area contributed by atoms with Gasteiger partial charge in [0.05, 0.1) is 5.69 Å². The molecule has 1 aliphatic heterocycles. The van der Waals surface area contributed by atoms with E-state index in [9.17, 15) is 4.79 Å². The fourth-order valence-electron chi connectivity index (χ4n) is 5.29. The molecule has 0 amide bonds. The molecule has 3 aromatic rings. The predicted molar refractivity (Wildman–Crippen MR) is 138 cm³/mol. The Bertz CT molecular complexity index is 1170. The minimum absolute atomic E-state index is 0.102. The van der Waals surface area contributed by atoms with Crippen molar-refractivity contribution in [2.75, 3.05) is 38.1 Å². The Hall–Kier alpha value is -3.05. The molecule has 0 N–H and O–H groups in total. The first kappa shape index (κ1) is 22.7. The molecule has 0 spiro atoms. The lowest BCUT2D eigenvalue weighted by molar-refractivity contribution is 0.101. The van der Waals surface area contributed by atoms with Gasteiger partial charge in [-0.15, -0.1) is 0 Å². The number of Topliss-reactive ketones (excluding diaryl/α,β-unsaturated/α-hetero) is 1. The molecular formula is C29H34N4O. The van der Waals surface area contributed by atoms with Crippen molar-refractivity contribution in [1.29, 1.82) is 0 Å². The molecule has 0 bridgehead atoms. The van der Waals surface area contributed by atoms with Gasteiger partial charge in [-0.25, -0.2) is 9.97 Å². The van der Waals surface area contributed by atoms with Crippen LogP contribution in [0.4, 0.5) is 5.82 Å². The lowest BCUT2D eigenvalue weighted by Gasteiger charge is -2.28. The zero-order valence-electron chi connectivity index (χ0n) is 20.4. The maximum atomic E-state index is 12.0.